The highest BCUT2D eigenvalue weighted by Gasteiger charge is 2.28. The molecule has 2 N–H and O–H groups in total. The minimum absolute atomic E-state index is 0.154. The van der Waals surface area contributed by atoms with E-state index in [0.717, 1.165) is 33.3 Å². The van der Waals surface area contributed by atoms with E-state index in [1.807, 2.05) is 18.2 Å². The Morgan fingerprint density at radius 1 is 1.10 bits per heavy atom. The predicted molar refractivity (Wildman–Crippen MR) is 118 cm³/mol. The van der Waals surface area contributed by atoms with Gasteiger partial charge in [0.15, 0.2) is 0 Å². The van der Waals surface area contributed by atoms with Gasteiger partial charge in [-0.1, -0.05) is 59.3 Å². The fourth-order valence-corrected chi connectivity index (χ4v) is 4.04. The molecule has 29 heavy (non-hydrogen) atoms. The number of benzene rings is 3. The summed E-state index contributed by atoms with van der Waals surface area (Å²) < 4.78 is 14.7. The summed E-state index contributed by atoms with van der Waals surface area (Å²) in [4.78, 5) is 4.89. The van der Waals surface area contributed by atoms with E-state index in [9.17, 15) is 9.50 Å². The average molecular weight is 453 g/mol. The highest BCUT2D eigenvalue weighted by atomic mass is 79.9. The van der Waals surface area contributed by atoms with Crippen molar-refractivity contribution < 1.29 is 9.50 Å². The molecule has 3 aromatic rings. The smallest absolute Gasteiger partial charge is 0.126 e. The molecule has 1 heterocycles. The van der Waals surface area contributed by atoms with Gasteiger partial charge in [0.05, 0.1) is 0 Å². The number of phenols is 1. The largest absolute Gasteiger partial charge is 0.508 e. The summed E-state index contributed by atoms with van der Waals surface area (Å²) in [5.74, 6) is -0.0629. The molecule has 148 valence electrons. The number of phenolic OH excluding ortho intramolecular Hbond substituents is 1. The van der Waals surface area contributed by atoms with E-state index in [-0.39, 0.29) is 17.6 Å². The number of hydrogen-bond donors (Lipinski definition) is 2. The number of aliphatic imine (C=N–C) groups is 1. The molecule has 5 heteroatoms. The van der Waals surface area contributed by atoms with Crippen LogP contribution in [0.15, 0.2) is 76.2 Å². The second-order valence-electron chi connectivity index (χ2n) is 7.21. The molecule has 0 aromatic heterocycles. The van der Waals surface area contributed by atoms with Crippen molar-refractivity contribution in [1.29, 1.82) is 0 Å². The topological polar surface area (TPSA) is 44.6 Å². The van der Waals surface area contributed by atoms with Crippen molar-refractivity contribution in [3.8, 4) is 5.75 Å². The molecule has 1 aliphatic heterocycles. The lowest BCUT2D eigenvalue weighted by atomic mass is 9.93. The summed E-state index contributed by atoms with van der Waals surface area (Å²) >= 11 is 3.49. The van der Waals surface area contributed by atoms with Gasteiger partial charge in [0, 0.05) is 28.2 Å². The van der Waals surface area contributed by atoms with E-state index >= 15 is 0 Å². The number of rotatable bonds is 4. The van der Waals surface area contributed by atoms with Gasteiger partial charge >= 0.3 is 0 Å². The quantitative estimate of drug-likeness (QED) is 0.503. The zero-order valence-electron chi connectivity index (χ0n) is 16.1. The zero-order valence-corrected chi connectivity index (χ0v) is 17.7. The maximum atomic E-state index is 13.8. The van der Waals surface area contributed by atoms with Crippen molar-refractivity contribution in [1.82, 2.24) is 5.32 Å². The molecule has 0 spiro atoms. The normalized spacial score (nSPS) is 19.1. The van der Waals surface area contributed by atoms with Gasteiger partial charge < -0.3 is 5.11 Å². The lowest BCUT2D eigenvalue weighted by Crippen LogP contribution is -2.33. The summed E-state index contributed by atoms with van der Waals surface area (Å²) in [6, 6.07) is 20.1. The second-order valence-corrected chi connectivity index (χ2v) is 8.13. The van der Waals surface area contributed by atoms with Crippen LogP contribution >= 0.6 is 15.9 Å². The van der Waals surface area contributed by atoms with E-state index in [1.165, 1.54) is 17.7 Å². The van der Waals surface area contributed by atoms with Crippen molar-refractivity contribution in [2.45, 2.75) is 32.0 Å². The van der Waals surface area contributed by atoms with Gasteiger partial charge in [0.2, 0.25) is 0 Å². The molecule has 0 unspecified atom stereocenters. The number of halogens is 2. The molecule has 0 aliphatic carbocycles. The van der Waals surface area contributed by atoms with Crippen LogP contribution in [0.25, 0.3) is 0 Å². The first-order valence-corrected chi connectivity index (χ1v) is 10.5. The minimum Gasteiger partial charge on any atom is -0.508 e. The highest BCUT2D eigenvalue weighted by Crippen LogP contribution is 2.35. The van der Waals surface area contributed by atoms with E-state index in [4.69, 9.17) is 4.99 Å². The molecule has 0 fully saturated rings. The van der Waals surface area contributed by atoms with Crippen molar-refractivity contribution in [2.75, 3.05) is 0 Å². The van der Waals surface area contributed by atoms with E-state index in [0.29, 0.717) is 6.42 Å². The average Bonchev–Trinajstić information content (AvgIpc) is 2.75. The number of nitrogens with zero attached hydrogens (tertiary/aromatic N) is 1. The van der Waals surface area contributed by atoms with E-state index in [1.54, 1.807) is 12.1 Å². The fraction of sp³-hybridized carbons (Fsp3) is 0.208. The molecule has 3 aromatic carbocycles. The van der Waals surface area contributed by atoms with Crippen molar-refractivity contribution >= 4 is 21.6 Å². The van der Waals surface area contributed by atoms with Crippen LogP contribution in [-0.2, 0) is 6.42 Å². The summed E-state index contributed by atoms with van der Waals surface area (Å²) in [5, 5.41) is 13.9. The zero-order chi connectivity index (χ0) is 20.4. The molecule has 1 aliphatic rings. The van der Waals surface area contributed by atoms with Crippen molar-refractivity contribution in [3.63, 3.8) is 0 Å². The Hall–Kier alpha value is -2.50. The van der Waals surface area contributed by atoms with Crippen LogP contribution in [-0.4, -0.2) is 10.8 Å². The molecule has 3 nitrogen and oxygen atoms in total. The van der Waals surface area contributed by atoms with Gasteiger partial charge in [-0.15, -0.1) is 0 Å². The monoisotopic (exact) mass is 452 g/mol. The van der Waals surface area contributed by atoms with Gasteiger partial charge in [-0.25, -0.2) is 4.39 Å². The summed E-state index contributed by atoms with van der Waals surface area (Å²) in [6.45, 7) is 2.13. The highest BCUT2D eigenvalue weighted by molar-refractivity contribution is 9.10. The Kier molecular flexibility index (Phi) is 5.79. The third-order valence-corrected chi connectivity index (χ3v) is 5.76. The number of aromatic hydroxyl groups is 1. The number of nitrogens with one attached hydrogen (secondary N) is 1. The summed E-state index contributed by atoms with van der Waals surface area (Å²) in [6.07, 6.45) is 1.21. The van der Waals surface area contributed by atoms with Gasteiger partial charge in [0.25, 0.3) is 0 Å². The summed E-state index contributed by atoms with van der Waals surface area (Å²) in [5.41, 5.74) is 4.80. The Balaban J connectivity index is 1.76. The molecule has 0 radical (unpaired) electrons. The molecule has 0 amide bonds. The molecular weight excluding hydrogens is 431 g/mol. The first-order valence-electron chi connectivity index (χ1n) is 9.69. The van der Waals surface area contributed by atoms with Crippen LogP contribution in [0.1, 0.15) is 47.8 Å². The standard InChI is InChI=1S/C24H22BrFN2O/c1-2-15-6-8-16(9-7-15)21-14-22(20-13-18(25)10-11-23(20)29)28-24(27-21)17-4-3-5-19(26)12-17/h3-13,22,24,28-29H,2,14H2,1H3/t22-,24+/m0/s1. The van der Waals surface area contributed by atoms with Crippen LogP contribution in [0, 0.1) is 5.82 Å². The maximum absolute atomic E-state index is 13.8. The first kappa shape index (κ1) is 19.8. The molecule has 4 rings (SSSR count). The molecule has 0 bridgehead atoms. The lowest BCUT2D eigenvalue weighted by Gasteiger charge is -2.31. The van der Waals surface area contributed by atoms with E-state index in [2.05, 4.69) is 52.4 Å². The lowest BCUT2D eigenvalue weighted by molar-refractivity contribution is 0.411. The Morgan fingerprint density at radius 2 is 1.90 bits per heavy atom. The minimum atomic E-state index is -0.399. The van der Waals surface area contributed by atoms with Crippen LogP contribution < -0.4 is 5.32 Å². The van der Waals surface area contributed by atoms with Crippen LogP contribution in [0.4, 0.5) is 4.39 Å². The first-order chi connectivity index (χ1) is 14.0. The molecule has 0 saturated carbocycles. The second kappa shape index (κ2) is 8.47. The molecule has 2 atom stereocenters. The fourth-order valence-electron chi connectivity index (χ4n) is 3.67. The van der Waals surface area contributed by atoms with Gasteiger partial charge in [0.1, 0.15) is 17.7 Å². The summed E-state index contributed by atoms with van der Waals surface area (Å²) in [7, 11) is 0. The van der Waals surface area contributed by atoms with E-state index < -0.39 is 6.17 Å². The Morgan fingerprint density at radius 3 is 2.62 bits per heavy atom. The van der Waals surface area contributed by atoms with Gasteiger partial charge in [-0.2, -0.15) is 0 Å². The third-order valence-electron chi connectivity index (χ3n) is 5.27. The third kappa shape index (κ3) is 4.41. The Bertz CT molecular complexity index is 1050. The van der Waals surface area contributed by atoms with Gasteiger partial charge in [-0.05, 0) is 53.4 Å². The van der Waals surface area contributed by atoms with Gasteiger partial charge in [-0.3, -0.25) is 10.3 Å². The SMILES string of the molecule is CCc1ccc(C2=N[C@@H](c3cccc(F)c3)N[C@H](c3cc(Br)ccc3O)C2)cc1. The maximum Gasteiger partial charge on any atom is 0.126 e. The predicted octanol–water partition coefficient (Wildman–Crippen LogP) is 6.08. The van der Waals surface area contributed by atoms with Crippen molar-refractivity contribution in [3.05, 3.63) is 99.3 Å². The number of hydrogen-bond acceptors (Lipinski definition) is 3. The molecule has 0 saturated heterocycles. The van der Waals surface area contributed by atoms with Crippen LogP contribution in [0.2, 0.25) is 0 Å². The number of aryl methyl sites for hydroxylation is 1. The van der Waals surface area contributed by atoms with Crippen LogP contribution in [0.5, 0.6) is 5.75 Å². The Labute approximate surface area is 178 Å². The van der Waals surface area contributed by atoms with Crippen molar-refractivity contribution in [2.24, 2.45) is 4.99 Å². The molecular formula is C24H22BrFN2O. The van der Waals surface area contributed by atoms with Crippen LogP contribution in [0.3, 0.4) is 0 Å².